The highest BCUT2D eigenvalue weighted by molar-refractivity contribution is 9.10. The molecule has 3 aliphatic rings. The second-order valence-electron chi connectivity index (χ2n) is 7.60. The SMILES string of the molecule is O=C(CN1CCCCc2c(Br)cccc21)N1CCN(C(=O)C2CC2)CC1. The van der Waals surface area contributed by atoms with Gasteiger partial charge >= 0.3 is 0 Å². The van der Waals surface area contributed by atoms with Crippen LogP contribution in [0, 0.1) is 5.92 Å². The fourth-order valence-electron chi connectivity index (χ4n) is 4.01. The third-order valence-corrected chi connectivity index (χ3v) is 6.48. The van der Waals surface area contributed by atoms with Gasteiger partial charge in [0.25, 0.3) is 0 Å². The average Bonchev–Trinajstić information content (AvgIpc) is 3.50. The predicted molar refractivity (Wildman–Crippen MR) is 105 cm³/mol. The maximum atomic E-state index is 12.9. The van der Waals surface area contributed by atoms with E-state index in [9.17, 15) is 9.59 Å². The van der Waals surface area contributed by atoms with Crippen LogP contribution in [0.1, 0.15) is 31.2 Å². The first-order valence-corrected chi connectivity index (χ1v) is 10.5. The molecule has 0 N–H and O–H groups in total. The zero-order valence-electron chi connectivity index (χ0n) is 15.1. The van der Waals surface area contributed by atoms with Gasteiger partial charge in [-0.3, -0.25) is 9.59 Å². The van der Waals surface area contributed by atoms with Crippen molar-refractivity contribution in [2.24, 2.45) is 5.92 Å². The van der Waals surface area contributed by atoms with E-state index in [2.05, 4.69) is 33.0 Å². The molecule has 26 heavy (non-hydrogen) atoms. The molecule has 2 aliphatic heterocycles. The van der Waals surface area contributed by atoms with Gasteiger partial charge in [0, 0.05) is 48.8 Å². The Bertz CT molecular complexity index is 696. The van der Waals surface area contributed by atoms with Gasteiger partial charge in [0.05, 0.1) is 6.54 Å². The number of rotatable bonds is 3. The molecular formula is C20H26BrN3O2. The van der Waals surface area contributed by atoms with Gasteiger partial charge in [0.2, 0.25) is 11.8 Å². The van der Waals surface area contributed by atoms with Gasteiger partial charge in [0.1, 0.15) is 0 Å². The quantitative estimate of drug-likeness (QED) is 0.756. The van der Waals surface area contributed by atoms with Gasteiger partial charge < -0.3 is 14.7 Å². The number of piperazine rings is 1. The van der Waals surface area contributed by atoms with Crippen molar-refractivity contribution in [3.8, 4) is 0 Å². The number of hydrogen-bond donors (Lipinski definition) is 0. The lowest BCUT2D eigenvalue weighted by atomic mass is 10.1. The summed E-state index contributed by atoms with van der Waals surface area (Å²) in [4.78, 5) is 31.1. The Hall–Kier alpha value is -1.56. The van der Waals surface area contributed by atoms with E-state index in [0.717, 1.165) is 43.1 Å². The zero-order valence-corrected chi connectivity index (χ0v) is 16.7. The van der Waals surface area contributed by atoms with Crippen LogP contribution in [0.25, 0.3) is 0 Å². The van der Waals surface area contributed by atoms with Crippen LogP contribution < -0.4 is 4.90 Å². The number of fused-ring (bicyclic) bond motifs is 1. The molecule has 1 aromatic carbocycles. The molecule has 0 atom stereocenters. The molecule has 2 heterocycles. The Morgan fingerprint density at radius 2 is 1.73 bits per heavy atom. The first-order valence-electron chi connectivity index (χ1n) is 9.72. The van der Waals surface area contributed by atoms with Crippen molar-refractivity contribution in [1.82, 2.24) is 9.80 Å². The Labute approximate surface area is 163 Å². The molecule has 0 aromatic heterocycles. The van der Waals surface area contributed by atoms with Gasteiger partial charge in [-0.1, -0.05) is 22.0 Å². The third-order valence-electron chi connectivity index (χ3n) is 5.74. The molecule has 0 spiro atoms. The van der Waals surface area contributed by atoms with E-state index in [1.807, 2.05) is 15.9 Å². The van der Waals surface area contributed by atoms with Crippen LogP contribution in [0.3, 0.4) is 0 Å². The minimum Gasteiger partial charge on any atom is -0.362 e. The number of benzene rings is 1. The number of hydrogen-bond acceptors (Lipinski definition) is 3. The standard InChI is InChI=1S/C20H26BrN3O2/c21-17-5-3-6-18-16(17)4-1-2-9-24(18)14-19(25)22-10-12-23(13-11-22)20(26)15-7-8-15/h3,5-6,15H,1-2,4,7-14H2. The summed E-state index contributed by atoms with van der Waals surface area (Å²) in [5.74, 6) is 0.740. The first-order chi connectivity index (χ1) is 12.6. The Morgan fingerprint density at radius 1 is 1.00 bits per heavy atom. The summed E-state index contributed by atoms with van der Waals surface area (Å²) < 4.78 is 1.14. The topological polar surface area (TPSA) is 43.9 Å². The van der Waals surface area contributed by atoms with E-state index in [1.165, 1.54) is 11.3 Å². The van der Waals surface area contributed by atoms with Crippen molar-refractivity contribution in [3.63, 3.8) is 0 Å². The highest BCUT2D eigenvalue weighted by Crippen LogP contribution is 2.32. The number of amides is 2. The predicted octanol–water partition coefficient (Wildman–Crippen LogP) is 2.67. The van der Waals surface area contributed by atoms with Gasteiger partial charge in [-0.05, 0) is 49.8 Å². The second kappa shape index (κ2) is 7.59. The number of carbonyl (C=O) groups is 2. The largest absolute Gasteiger partial charge is 0.362 e. The molecule has 2 amide bonds. The van der Waals surface area contributed by atoms with E-state index in [0.29, 0.717) is 38.6 Å². The minimum atomic E-state index is 0.177. The Balaban J connectivity index is 1.38. The number of carbonyl (C=O) groups excluding carboxylic acids is 2. The van der Waals surface area contributed by atoms with Crippen molar-refractivity contribution in [2.75, 3.05) is 44.2 Å². The fraction of sp³-hybridized carbons (Fsp3) is 0.600. The van der Waals surface area contributed by atoms with Crippen molar-refractivity contribution < 1.29 is 9.59 Å². The van der Waals surface area contributed by atoms with Crippen LogP contribution in [0.5, 0.6) is 0 Å². The lowest BCUT2D eigenvalue weighted by Crippen LogP contribution is -2.53. The van der Waals surface area contributed by atoms with Gasteiger partial charge in [-0.2, -0.15) is 0 Å². The Kier molecular flexibility index (Phi) is 5.20. The molecule has 140 valence electrons. The summed E-state index contributed by atoms with van der Waals surface area (Å²) in [6.07, 6.45) is 5.41. The zero-order chi connectivity index (χ0) is 18.1. The summed E-state index contributed by atoms with van der Waals surface area (Å²) in [5, 5.41) is 0. The molecule has 0 bridgehead atoms. The summed E-state index contributed by atoms with van der Waals surface area (Å²) in [7, 11) is 0. The molecule has 1 aromatic rings. The van der Waals surface area contributed by atoms with E-state index >= 15 is 0 Å². The molecule has 4 rings (SSSR count). The van der Waals surface area contributed by atoms with Gasteiger partial charge in [-0.15, -0.1) is 0 Å². The van der Waals surface area contributed by atoms with Crippen LogP contribution in [0.15, 0.2) is 22.7 Å². The van der Waals surface area contributed by atoms with E-state index in [4.69, 9.17) is 0 Å². The lowest BCUT2D eigenvalue weighted by Gasteiger charge is -2.36. The van der Waals surface area contributed by atoms with Crippen LogP contribution in [-0.4, -0.2) is 60.9 Å². The van der Waals surface area contributed by atoms with Crippen molar-refractivity contribution in [2.45, 2.75) is 32.1 Å². The maximum absolute atomic E-state index is 12.9. The summed E-state index contributed by atoms with van der Waals surface area (Å²) in [5.41, 5.74) is 2.51. The smallest absolute Gasteiger partial charge is 0.242 e. The molecule has 1 saturated carbocycles. The number of nitrogens with zero attached hydrogens (tertiary/aromatic N) is 3. The monoisotopic (exact) mass is 419 g/mol. The minimum absolute atomic E-state index is 0.177. The first kappa shape index (κ1) is 17.8. The highest BCUT2D eigenvalue weighted by Gasteiger charge is 2.35. The second-order valence-corrected chi connectivity index (χ2v) is 8.45. The van der Waals surface area contributed by atoms with Crippen LogP contribution >= 0.6 is 15.9 Å². The lowest BCUT2D eigenvalue weighted by molar-refractivity contribution is -0.139. The van der Waals surface area contributed by atoms with Crippen LogP contribution in [-0.2, 0) is 16.0 Å². The van der Waals surface area contributed by atoms with E-state index in [1.54, 1.807) is 0 Å². The third kappa shape index (κ3) is 3.75. The molecule has 5 nitrogen and oxygen atoms in total. The summed E-state index contributed by atoms with van der Waals surface area (Å²) in [6.45, 7) is 4.05. The Morgan fingerprint density at radius 3 is 2.46 bits per heavy atom. The van der Waals surface area contributed by atoms with Crippen molar-refractivity contribution in [1.29, 1.82) is 0 Å². The molecule has 0 radical (unpaired) electrons. The van der Waals surface area contributed by atoms with Crippen molar-refractivity contribution >= 4 is 33.4 Å². The maximum Gasteiger partial charge on any atom is 0.242 e. The molecule has 6 heteroatoms. The van der Waals surface area contributed by atoms with Crippen molar-refractivity contribution in [3.05, 3.63) is 28.2 Å². The van der Waals surface area contributed by atoms with E-state index < -0.39 is 0 Å². The number of halogens is 1. The van der Waals surface area contributed by atoms with E-state index in [-0.39, 0.29) is 11.8 Å². The molecule has 2 fully saturated rings. The van der Waals surface area contributed by atoms with Crippen LogP contribution in [0.4, 0.5) is 5.69 Å². The number of anilines is 1. The molecule has 0 unspecified atom stereocenters. The molecule has 1 saturated heterocycles. The summed E-state index contributed by atoms with van der Waals surface area (Å²) in [6, 6.07) is 6.26. The van der Waals surface area contributed by atoms with Gasteiger partial charge in [-0.25, -0.2) is 0 Å². The molecule has 1 aliphatic carbocycles. The normalized spacial score (nSPS) is 20.6. The van der Waals surface area contributed by atoms with Crippen LogP contribution in [0.2, 0.25) is 0 Å². The fourth-order valence-corrected chi connectivity index (χ4v) is 4.56. The summed E-state index contributed by atoms with van der Waals surface area (Å²) >= 11 is 3.66. The molecular weight excluding hydrogens is 394 g/mol. The highest BCUT2D eigenvalue weighted by atomic mass is 79.9. The van der Waals surface area contributed by atoms with Gasteiger partial charge in [0.15, 0.2) is 0 Å². The average molecular weight is 420 g/mol.